The standard InChI is InChI=1S/C19H23NS/c1-20-17(19-12-16-6-3-7-18(16)21-19)11-13-8-9-14-4-2-5-15(14)10-13/h8-10,12,17,20H,2-7,11H2,1H3. The van der Waals surface area contributed by atoms with Crippen LogP contribution in [0.2, 0.25) is 0 Å². The van der Waals surface area contributed by atoms with Gasteiger partial charge in [0.25, 0.3) is 0 Å². The number of likely N-dealkylation sites (N-methyl/N-ethyl adjacent to an activating group) is 1. The Morgan fingerprint density at radius 3 is 2.67 bits per heavy atom. The van der Waals surface area contributed by atoms with Crippen molar-refractivity contribution in [2.45, 2.75) is 51.0 Å². The monoisotopic (exact) mass is 297 g/mol. The Hall–Kier alpha value is -1.12. The molecule has 0 fully saturated rings. The molecule has 2 aromatic rings. The van der Waals surface area contributed by atoms with Gasteiger partial charge in [-0.2, -0.15) is 0 Å². The summed E-state index contributed by atoms with van der Waals surface area (Å²) in [5.41, 5.74) is 6.28. The summed E-state index contributed by atoms with van der Waals surface area (Å²) < 4.78 is 0. The van der Waals surface area contributed by atoms with E-state index in [2.05, 4.69) is 36.6 Å². The van der Waals surface area contributed by atoms with Crippen LogP contribution in [0.15, 0.2) is 24.3 Å². The van der Waals surface area contributed by atoms with Gasteiger partial charge in [0.2, 0.25) is 0 Å². The van der Waals surface area contributed by atoms with Gasteiger partial charge in [0.15, 0.2) is 0 Å². The number of hydrogen-bond acceptors (Lipinski definition) is 2. The van der Waals surface area contributed by atoms with Crippen LogP contribution in [0.1, 0.15) is 50.9 Å². The van der Waals surface area contributed by atoms with Crippen molar-refractivity contribution >= 4 is 11.3 Å². The van der Waals surface area contributed by atoms with Gasteiger partial charge in [-0.3, -0.25) is 0 Å². The van der Waals surface area contributed by atoms with Crippen LogP contribution < -0.4 is 5.32 Å². The smallest absolute Gasteiger partial charge is 0.0453 e. The molecule has 21 heavy (non-hydrogen) atoms. The number of fused-ring (bicyclic) bond motifs is 2. The quantitative estimate of drug-likeness (QED) is 0.890. The molecular weight excluding hydrogens is 274 g/mol. The largest absolute Gasteiger partial charge is 0.312 e. The molecule has 0 aliphatic heterocycles. The van der Waals surface area contributed by atoms with Crippen LogP contribution in [0.5, 0.6) is 0 Å². The molecule has 2 aliphatic carbocycles. The summed E-state index contributed by atoms with van der Waals surface area (Å²) in [5.74, 6) is 0. The molecule has 1 unspecified atom stereocenters. The number of nitrogens with one attached hydrogen (secondary N) is 1. The van der Waals surface area contributed by atoms with Crippen molar-refractivity contribution in [3.8, 4) is 0 Å². The van der Waals surface area contributed by atoms with Gasteiger partial charge < -0.3 is 5.32 Å². The highest BCUT2D eigenvalue weighted by Gasteiger charge is 2.20. The van der Waals surface area contributed by atoms with Gasteiger partial charge in [-0.25, -0.2) is 0 Å². The van der Waals surface area contributed by atoms with E-state index in [0.717, 1.165) is 6.42 Å². The summed E-state index contributed by atoms with van der Waals surface area (Å²) in [6.45, 7) is 0. The van der Waals surface area contributed by atoms with Crippen LogP contribution >= 0.6 is 11.3 Å². The third kappa shape index (κ3) is 2.56. The van der Waals surface area contributed by atoms with E-state index in [1.807, 2.05) is 11.3 Å². The Morgan fingerprint density at radius 2 is 1.81 bits per heavy atom. The highest BCUT2D eigenvalue weighted by atomic mass is 32.1. The molecule has 1 heterocycles. The summed E-state index contributed by atoms with van der Waals surface area (Å²) in [4.78, 5) is 3.17. The minimum atomic E-state index is 0.472. The zero-order chi connectivity index (χ0) is 14.2. The van der Waals surface area contributed by atoms with Gasteiger partial charge in [-0.05, 0) is 80.3 Å². The third-order valence-electron chi connectivity index (χ3n) is 5.06. The molecule has 2 heteroatoms. The van der Waals surface area contributed by atoms with Crippen molar-refractivity contribution in [1.29, 1.82) is 0 Å². The fourth-order valence-electron chi connectivity index (χ4n) is 3.86. The summed E-state index contributed by atoms with van der Waals surface area (Å²) in [7, 11) is 2.10. The Bertz CT molecular complexity index is 634. The van der Waals surface area contributed by atoms with Crippen molar-refractivity contribution in [3.63, 3.8) is 0 Å². The molecule has 4 rings (SSSR count). The second-order valence-corrected chi connectivity index (χ2v) is 7.62. The normalized spacial score (nSPS) is 17.8. The molecule has 0 bridgehead atoms. The lowest BCUT2D eigenvalue weighted by molar-refractivity contribution is 0.601. The Labute approximate surface area is 131 Å². The Kier molecular flexibility index (Phi) is 3.60. The number of hydrogen-bond donors (Lipinski definition) is 1. The van der Waals surface area contributed by atoms with Crippen LogP contribution in [0.25, 0.3) is 0 Å². The molecule has 2 aliphatic rings. The highest BCUT2D eigenvalue weighted by molar-refractivity contribution is 7.12. The molecule has 110 valence electrons. The predicted molar refractivity (Wildman–Crippen MR) is 90.3 cm³/mol. The van der Waals surface area contributed by atoms with E-state index in [1.54, 1.807) is 21.6 Å². The lowest BCUT2D eigenvalue weighted by Gasteiger charge is -2.15. The molecule has 1 nitrogen and oxygen atoms in total. The van der Waals surface area contributed by atoms with Crippen LogP contribution in [-0.2, 0) is 32.1 Å². The molecule has 0 radical (unpaired) electrons. The van der Waals surface area contributed by atoms with E-state index >= 15 is 0 Å². The molecule has 1 N–H and O–H groups in total. The minimum Gasteiger partial charge on any atom is -0.312 e. The maximum absolute atomic E-state index is 3.53. The molecule has 0 saturated heterocycles. The molecule has 0 amide bonds. The number of thiophene rings is 1. The molecular formula is C19H23NS. The zero-order valence-corrected chi connectivity index (χ0v) is 13.6. The van der Waals surface area contributed by atoms with Crippen LogP contribution in [0.3, 0.4) is 0 Å². The number of rotatable bonds is 4. The van der Waals surface area contributed by atoms with E-state index in [4.69, 9.17) is 0 Å². The van der Waals surface area contributed by atoms with Crippen molar-refractivity contribution in [3.05, 3.63) is 56.3 Å². The number of benzene rings is 1. The Morgan fingerprint density at radius 1 is 1.00 bits per heavy atom. The van der Waals surface area contributed by atoms with Crippen molar-refractivity contribution in [2.75, 3.05) is 7.05 Å². The summed E-state index contributed by atoms with van der Waals surface area (Å²) in [6, 6.07) is 10.1. The predicted octanol–water partition coefficient (Wildman–Crippen LogP) is 4.23. The average Bonchev–Trinajstić information content (AvgIpc) is 3.18. The van der Waals surface area contributed by atoms with E-state index in [-0.39, 0.29) is 0 Å². The molecule has 1 aromatic carbocycles. The highest BCUT2D eigenvalue weighted by Crippen LogP contribution is 2.35. The lowest BCUT2D eigenvalue weighted by Crippen LogP contribution is -2.17. The van der Waals surface area contributed by atoms with E-state index < -0.39 is 0 Å². The topological polar surface area (TPSA) is 12.0 Å². The molecule has 1 aromatic heterocycles. The average molecular weight is 297 g/mol. The second-order valence-electron chi connectivity index (χ2n) is 6.45. The third-order valence-corrected chi connectivity index (χ3v) is 6.41. The van der Waals surface area contributed by atoms with Gasteiger partial charge in [0.05, 0.1) is 0 Å². The van der Waals surface area contributed by atoms with E-state index in [9.17, 15) is 0 Å². The first-order chi connectivity index (χ1) is 10.3. The van der Waals surface area contributed by atoms with Crippen LogP contribution in [-0.4, -0.2) is 7.05 Å². The first-order valence-corrected chi connectivity index (χ1v) is 9.04. The molecule has 0 saturated carbocycles. The number of aryl methyl sites for hydroxylation is 4. The van der Waals surface area contributed by atoms with Gasteiger partial charge in [0.1, 0.15) is 0 Å². The summed E-state index contributed by atoms with van der Waals surface area (Å²) in [6.07, 6.45) is 8.96. The second kappa shape index (κ2) is 5.58. The first kappa shape index (κ1) is 13.5. The fraction of sp³-hybridized carbons (Fsp3) is 0.474. The summed E-state index contributed by atoms with van der Waals surface area (Å²) in [5, 5.41) is 3.53. The van der Waals surface area contributed by atoms with Gasteiger partial charge in [0, 0.05) is 15.8 Å². The first-order valence-electron chi connectivity index (χ1n) is 8.23. The minimum absolute atomic E-state index is 0.472. The maximum Gasteiger partial charge on any atom is 0.0453 e. The lowest BCUT2D eigenvalue weighted by atomic mass is 10.00. The van der Waals surface area contributed by atoms with Crippen LogP contribution in [0.4, 0.5) is 0 Å². The molecule has 1 atom stereocenters. The maximum atomic E-state index is 3.53. The van der Waals surface area contributed by atoms with Crippen LogP contribution in [0, 0.1) is 0 Å². The molecule has 0 spiro atoms. The van der Waals surface area contributed by atoms with Crippen molar-refractivity contribution in [2.24, 2.45) is 0 Å². The van der Waals surface area contributed by atoms with Gasteiger partial charge in [-0.15, -0.1) is 11.3 Å². The van der Waals surface area contributed by atoms with Gasteiger partial charge in [-0.1, -0.05) is 18.2 Å². The summed E-state index contributed by atoms with van der Waals surface area (Å²) >= 11 is 2.04. The fourth-order valence-corrected chi connectivity index (χ4v) is 5.22. The van der Waals surface area contributed by atoms with Gasteiger partial charge >= 0.3 is 0 Å². The SMILES string of the molecule is CNC(Cc1ccc2c(c1)CCC2)c1cc2c(s1)CCC2. The van der Waals surface area contributed by atoms with E-state index in [1.165, 1.54) is 49.0 Å². The zero-order valence-electron chi connectivity index (χ0n) is 12.7. The Balaban J connectivity index is 1.56. The van der Waals surface area contributed by atoms with Crippen molar-refractivity contribution < 1.29 is 0 Å². The van der Waals surface area contributed by atoms with E-state index in [0.29, 0.717) is 6.04 Å². The van der Waals surface area contributed by atoms with Crippen molar-refractivity contribution in [1.82, 2.24) is 5.32 Å².